The minimum Gasteiger partial charge on any atom is -0.468 e. The first kappa shape index (κ1) is 9.71. The lowest BCUT2D eigenvalue weighted by molar-refractivity contribution is -0.128. The zero-order valence-corrected chi connectivity index (χ0v) is 7.90. The summed E-state index contributed by atoms with van der Waals surface area (Å²) < 4.78 is 22.8. The molecule has 1 aromatic heterocycles. The molecular formula is C11H9FO3. The highest BCUT2D eigenvalue weighted by atomic mass is 19.1. The van der Waals surface area contributed by atoms with Crippen molar-refractivity contribution in [2.45, 2.75) is 6.42 Å². The van der Waals surface area contributed by atoms with Crippen LogP contribution < -0.4 is 0 Å². The first-order chi connectivity index (χ1) is 7.31. The van der Waals surface area contributed by atoms with Crippen molar-refractivity contribution in [3.8, 4) is 0 Å². The molecule has 3 nitrogen and oxygen atoms in total. The van der Waals surface area contributed by atoms with Gasteiger partial charge in [0, 0.05) is 17.2 Å². The lowest BCUT2D eigenvalue weighted by Gasteiger charge is -1.96. The summed E-state index contributed by atoms with van der Waals surface area (Å²) in [4.78, 5) is 9.94. The predicted molar refractivity (Wildman–Crippen MR) is 51.9 cm³/mol. The summed E-state index contributed by atoms with van der Waals surface area (Å²) in [6.45, 7) is 0.619. The molecule has 1 aromatic carbocycles. The molecule has 15 heavy (non-hydrogen) atoms. The first-order valence-corrected chi connectivity index (χ1v) is 4.52. The van der Waals surface area contributed by atoms with Gasteiger partial charge in [-0.15, -0.1) is 0 Å². The van der Waals surface area contributed by atoms with Crippen LogP contribution in [0.3, 0.4) is 0 Å². The van der Waals surface area contributed by atoms with Gasteiger partial charge in [-0.1, -0.05) is 0 Å². The van der Waals surface area contributed by atoms with Crippen LogP contribution in [0.5, 0.6) is 0 Å². The van der Waals surface area contributed by atoms with Gasteiger partial charge in [0.15, 0.2) is 0 Å². The van der Waals surface area contributed by atoms with Crippen LogP contribution in [0.2, 0.25) is 0 Å². The maximum Gasteiger partial charge on any atom is 0.293 e. The number of benzene rings is 1. The minimum absolute atomic E-state index is 0.239. The zero-order chi connectivity index (χ0) is 10.7. The van der Waals surface area contributed by atoms with Gasteiger partial charge < -0.3 is 9.15 Å². The fourth-order valence-electron chi connectivity index (χ4n) is 1.46. The fourth-order valence-corrected chi connectivity index (χ4v) is 1.46. The lowest BCUT2D eigenvalue weighted by atomic mass is 10.1. The number of halogens is 1. The number of fused-ring (bicyclic) bond motifs is 1. The van der Waals surface area contributed by atoms with Crippen LogP contribution in [-0.2, 0) is 16.0 Å². The van der Waals surface area contributed by atoms with E-state index in [0.717, 1.165) is 10.8 Å². The van der Waals surface area contributed by atoms with Crippen LogP contribution in [0.4, 0.5) is 4.39 Å². The third-order valence-electron chi connectivity index (χ3n) is 2.16. The summed E-state index contributed by atoms with van der Waals surface area (Å²) in [5, 5.41) is 1.57. The summed E-state index contributed by atoms with van der Waals surface area (Å²) in [5.74, 6) is 0.327. The van der Waals surface area contributed by atoms with Crippen molar-refractivity contribution in [3.05, 3.63) is 36.0 Å². The van der Waals surface area contributed by atoms with E-state index in [9.17, 15) is 9.18 Å². The van der Waals surface area contributed by atoms with E-state index in [0.29, 0.717) is 18.7 Å². The number of ether oxygens (including phenoxy) is 1. The Bertz CT molecular complexity index is 476. The van der Waals surface area contributed by atoms with Crippen LogP contribution >= 0.6 is 0 Å². The Kier molecular flexibility index (Phi) is 2.67. The minimum atomic E-state index is -0.304. The molecule has 0 aliphatic rings. The lowest BCUT2D eigenvalue weighted by Crippen LogP contribution is -1.95. The molecule has 0 aliphatic carbocycles. The van der Waals surface area contributed by atoms with E-state index < -0.39 is 0 Å². The standard InChI is InChI=1S/C11H9FO3/c12-9-2-1-8-6-15-11(10(8)5-9)3-4-14-7-13/h1-2,5-7H,3-4H2. The summed E-state index contributed by atoms with van der Waals surface area (Å²) in [6, 6.07) is 4.44. The van der Waals surface area contributed by atoms with E-state index in [-0.39, 0.29) is 12.4 Å². The number of carbonyl (C=O) groups is 1. The second-order valence-electron chi connectivity index (χ2n) is 3.11. The predicted octanol–water partition coefficient (Wildman–Crippen LogP) is 2.29. The van der Waals surface area contributed by atoms with Crippen LogP contribution in [0, 0.1) is 5.82 Å². The van der Waals surface area contributed by atoms with Crippen molar-refractivity contribution in [1.29, 1.82) is 0 Å². The second-order valence-corrected chi connectivity index (χ2v) is 3.11. The Morgan fingerprint density at radius 3 is 3.13 bits per heavy atom. The average Bonchev–Trinajstić information content (AvgIpc) is 2.62. The van der Waals surface area contributed by atoms with E-state index in [1.54, 1.807) is 12.3 Å². The molecule has 0 aliphatic heterocycles. The number of hydrogen-bond acceptors (Lipinski definition) is 3. The number of rotatable bonds is 4. The molecule has 0 spiro atoms. The maximum absolute atomic E-state index is 13.0. The molecule has 0 bridgehead atoms. The highest BCUT2D eigenvalue weighted by Crippen LogP contribution is 2.22. The summed E-state index contributed by atoms with van der Waals surface area (Å²) in [5.41, 5.74) is 0. The molecule has 2 aromatic rings. The Labute approximate surface area is 85.4 Å². The molecule has 0 saturated heterocycles. The maximum atomic E-state index is 13.0. The molecule has 0 atom stereocenters. The van der Waals surface area contributed by atoms with Gasteiger partial charge in [0.25, 0.3) is 6.47 Å². The summed E-state index contributed by atoms with van der Waals surface area (Å²) in [7, 11) is 0. The molecule has 0 N–H and O–H groups in total. The van der Waals surface area contributed by atoms with E-state index in [4.69, 9.17) is 4.42 Å². The van der Waals surface area contributed by atoms with Gasteiger partial charge in [0.1, 0.15) is 11.6 Å². The third-order valence-corrected chi connectivity index (χ3v) is 2.16. The second kappa shape index (κ2) is 4.13. The third kappa shape index (κ3) is 1.98. The van der Waals surface area contributed by atoms with Crippen molar-refractivity contribution in [1.82, 2.24) is 0 Å². The van der Waals surface area contributed by atoms with Gasteiger partial charge in [-0.05, 0) is 18.2 Å². The molecule has 1 heterocycles. The van der Waals surface area contributed by atoms with E-state index in [1.807, 2.05) is 0 Å². The normalized spacial score (nSPS) is 10.5. The molecule has 78 valence electrons. The number of carbonyl (C=O) groups excluding carboxylic acids is 1. The Morgan fingerprint density at radius 2 is 2.33 bits per heavy atom. The molecule has 0 unspecified atom stereocenters. The van der Waals surface area contributed by atoms with Crippen LogP contribution in [0.25, 0.3) is 10.8 Å². The summed E-state index contributed by atoms with van der Waals surface area (Å²) in [6.07, 6.45) is 2.01. The largest absolute Gasteiger partial charge is 0.468 e. The fraction of sp³-hybridized carbons (Fsp3) is 0.182. The molecule has 4 heteroatoms. The highest BCUT2D eigenvalue weighted by Gasteiger charge is 2.06. The van der Waals surface area contributed by atoms with Gasteiger partial charge in [-0.25, -0.2) is 4.39 Å². The molecule has 2 rings (SSSR count). The number of hydrogen-bond donors (Lipinski definition) is 0. The van der Waals surface area contributed by atoms with Crippen molar-refractivity contribution in [2.24, 2.45) is 0 Å². The SMILES string of the molecule is O=COCCc1occ2ccc(F)cc12. The topological polar surface area (TPSA) is 39.4 Å². The van der Waals surface area contributed by atoms with Crippen molar-refractivity contribution < 1.29 is 18.3 Å². The molecule has 0 radical (unpaired) electrons. The van der Waals surface area contributed by atoms with Gasteiger partial charge in [-0.2, -0.15) is 0 Å². The average molecular weight is 208 g/mol. The van der Waals surface area contributed by atoms with Gasteiger partial charge in [0.05, 0.1) is 12.9 Å². The molecular weight excluding hydrogens is 199 g/mol. The van der Waals surface area contributed by atoms with Crippen molar-refractivity contribution >= 4 is 17.2 Å². The van der Waals surface area contributed by atoms with E-state index in [2.05, 4.69) is 4.74 Å². The Morgan fingerprint density at radius 1 is 1.47 bits per heavy atom. The van der Waals surface area contributed by atoms with Crippen molar-refractivity contribution in [3.63, 3.8) is 0 Å². The van der Waals surface area contributed by atoms with Crippen LogP contribution in [0.15, 0.2) is 28.9 Å². The first-order valence-electron chi connectivity index (χ1n) is 4.52. The number of furan rings is 1. The highest BCUT2D eigenvalue weighted by molar-refractivity contribution is 5.84. The van der Waals surface area contributed by atoms with Gasteiger partial charge >= 0.3 is 0 Å². The van der Waals surface area contributed by atoms with E-state index in [1.165, 1.54) is 12.1 Å². The Hall–Kier alpha value is -1.84. The molecule has 0 amide bonds. The molecule has 0 saturated carbocycles. The van der Waals surface area contributed by atoms with Crippen LogP contribution in [-0.4, -0.2) is 13.1 Å². The van der Waals surface area contributed by atoms with Crippen molar-refractivity contribution in [2.75, 3.05) is 6.61 Å². The van der Waals surface area contributed by atoms with E-state index >= 15 is 0 Å². The molecule has 0 fully saturated rings. The smallest absolute Gasteiger partial charge is 0.293 e. The van der Waals surface area contributed by atoms with Gasteiger partial charge in [-0.3, -0.25) is 4.79 Å². The summed E-state index contributed by atoms with van der Waals surface area (Å²) >= 11 is 0. The monoisotopic (exact) mass is 208 g/mol. The quantitative estimate of drug-likeness (QED) is 0.571. The Balaban J connectivity index is 2.27. The zero-order valence-electron chi connectivity index (χ0n) is 7.90. The van der Waals surface area contributed by atoms with Crippen LogP contribution in [0.1, 0.15) is 5.76 Å². The van der Waals surface area contributed by atoms with Gasteiger partial charge in [0.2, 0.25) is 0 Å².